The lowest BCUT2D eigenvalue weighted by Crippen LogP contribution is -2.30. The first-order valence-electron chi connectivity index (χ1n) is 20.2. The molecule has 2 aromatic heterocycles. The maximum absolute atomic E-state index is 13.7. The number of rotatable bonds is 8. The number of hydrogen-bond acceptors (Lipinski definition) is 12. The standard InChI is InChI=1S/2C22H20FN3O4.H2O/c2*1-2-29-20-17-14(21(27)24-22(17)28)11-15(26-8-4-3-5-9-26)18(20)19-13-7-6-12(23)10-16(13)30-25-19;/h2*6-7,10-11H,2-5,8-9H2,1H3,(H,24,27,28);1H2. The number of nitrogens with zero attached hydrogens (tertiary/aromatic N) is 4. The summed E-state index contributed by atoms with van der Waals surface area (Å²) in [6.45, 7) is 7.50. The predicted octanol–water partition coefficient (Wildman–Crippen LogP) is 6.99. The summed E-state index contributed by atoms with van der Waals surface area (Å²) in [4.78, 5) is 54.4. The van der Waals surface area contributed by atoms with E-state index in [2.05, 4.69) is 30.7 Å². The second kappa shape index (κ2) is 16.6. The normalized spacial score (nSPS) is 15.9. The van der Waals surface area contributed by atoms with Crippen LogP contribution in [0.3, 0.4) is 0 Å². The molecule has 0 aliphatic carbocycles. The highest BCUT2D eigenvalue weighted by Gasteiger charge is 2.38. The summed E-state index contributed by atoms with van der Waals surface area (Å²) in [6.07, 6.45) is 6.38. The van der Waals surface area contributed by atoms with Gasteiger partial charge in [-0.2, -0.15) is 0 Å². The van der Waals surface area contributed by atoms with Crippen LogP contribution in [0.15, 0.2) is 57.6 Å². The Labute approximate surface area is 347 Å². The van der Waals surface area contributed by atoms with Gasteiger partial charge in [0.25, 0.3) is 23.6 Å². The summed E-state index contributed by atoms with van der Waals surface area (Å²) < 4.78 is 50.0. The van der Waals surface area contributed by atoms with Crippen molar-refractivity contribution in [1.82, 2.24) is 20.9 Å². The van der Waals surface area contributed by atoms with Crippen molar-refractivity contribution in [1.29, 1.82) is 0 Å². The minimum atomic E-state index is -0.497. The molecule has 4 N–H and O–H groups in total. The zero-order valence-corrected chi connectivity index (χ0v) is 33.4. The molecule has 0 saturated carbocycles. The Morgan fingerprint density at radius 2 is 0.967 bits per heavy atom. The van der Waals surface area contributed by atoms with Crippen LogP contribution in [0.4, 0.5) is 20.2 Å². The Kier molecular flexibility index (Phi) is 11.2. The van der Waals surface area contributed by atoms with E-state index >= 15 is 0 Å². The van der Waals surface area contributed by atoms with Crippen molar-refractivity contribution >= 4 is 56.9 Å². The highest BCUT2D eigenvalue weighted by atomic mass is 19.1. The quantitative estimate of drug-likeness (QED) is 0.149. The Bertz CT molecular complexity index is 2550. The zero-order chi connectivity index (χ0) is 41.7. The van der Waals surface area contributed by atoms with E-state index < -0.39 is 35.3 Å². The van der Waals surface area contributed by atoms with Crippen molar-refractivity contribution in [2.45, 2.75) is 52.4 Å². The van der Waals surface area contributed by atoms with Crippen LogP contribution < -0.4 is 29.9 Å². The lowest BCUT2D eigenvalue weighted by atomic mass is 9.95. The number of aromatic nitrogens is 2. The Hall–Kier alpha value is -6.88. The summed E-state index contributed by atoms with van der Waals surface area (Å²) in [5.41, 5.74) is 5.25. The summed E-state index contributed by atoms with van der Waals surface area (Å²) in [7, 11) is 0. The maximum Gasteiger partial charge on any atom is 0.262 e. The molecule has 4 aromatic carbocycles. The topological polar surface area (TPSA) is 201 Å². The highest BCUT2D eigenvalue weighted by Crippen LogP contribution is 2.48. The van der Waals surface area contributed by atoms with Crippen LogP contribution in [0.1, 0.15) is 93.8 Å². The Morgan fingerprint density at radius 3 is 1.34 bits per heavy atom. The van der Waals surface area contributed by atoms with E-state index in [0.29, 0.717) is 80.3 Å². The lowest BCUT2D eigenvalue weighted by molar-refractivity contribution is 0.0862. The number of benzene rings is 4. The molecule has 0 bridgehead atoms. The van der Waals surface area contributed by atoms with E-state index in [1.807, 2.05) is 13.8 Å². The van der Waals surface area contributed by atoms with Crippen LogP contribution >= 0.6 is 0 Å². The van der Waals surface area contributed by atoms with Gasteiger partial charge in [0.2, 0.25) is 0 Å². The summed E-state index contributed by atoms with van der Waals surface area (Å²) in [5, 5.41) is 14.4. The third-order valence-electron chi connectivity index (χ3n) is 11.2. The fourth-order valence-corrected chi connectivity index (χ4v) is 8.55. The number of fused-ring (bicyclic) bond motifs is 4. The molecule has 4 aliphatic heterocycles. The first-order chi connectivity index (χ1) is 29.2. The number of piperidine rings is 2. The number of carbonyl (C=O) groups excluding carboxylic acids is 4. The van der Waals surface area contributed by atoms with Crippen LogP contribution in [0.2, 0.25) is 0 Å². The molecular formula is C44H42F2N6O9. The third-order valence-corrected chi connectivity index (χ3v) is 11.2. The van der Waals surface area contributed by atoms with E-state index in [-0.39, 0.29) is 16.6 Å². The number of carbonyl (C=O) groups is 4. The van der Waals surface area contributed by atoms with Crippen LogP contribution in [0, 0.1) is 11.6 Å². The molecule has 316 valence electrons. The molecule has 6 aromatic rings. The average molecular weight is 837 g/mol. The van der Waals surface area contributed by atoms with Gasteiger partial charge < -0.3 is 33.8 Å². The van der Waals surface area contributed by atoms with Crippen molar-refractivity contribution in [3.05, 3.63) is 82.4 Å². The maximum atomic E-state index is 13.7. The molecule has 0 radical (unpaired) electrons. The van der Waals surface area contributed by atoms with Crippen molar-refractivity contribution in [3.63, 3.8) is 0 Å². The Morgan fingerprint density at radius 1 is 0.574 bits per heavy atom. The molecule has 4 aliphatic rings. The fraction of sp³-hybridized carbons (Fsp3) is 0.318. The van der Waals surface area contributed by atoms with Gasteiger partial charge in [0, 0.05) is 38.3 Å². The number of ether oxygens (including phenoxy) is 2. The van der Waals surface area contributed by atoms with Crippen LogP contribution in [0.5, 0.6) is 11.5 Å². The van der Waals surface area contributed by atoms with E-state index in [4.69, 9.17) is 18.5 Å². The van der Waals surface area contributed by atoms with Crippen molar-refractivity contribution in [2.75, 3.05) is 49.2 Å². The summed E-state index contributed by atoms with van der Waals surface area (Å²) in [6, 6.07) is 11.9. The average Bonchev–Trinajstić information content (AvgIpc) is 4.01. The van der Waals surface area contributed by atoms with Gasteiger partial charge in [-0.25, -0.2) is 8.78 Å². The van der Waals surface area contributed by atoms with Gasteiger partial charge in [-0.05, 0) is 88.8 Å². The van der Waals surface area contributed by atoms with Gasteiger partial charge in [0.15, 0.2) is 11.2 Å². The molecule has 10 rings (SSSR count). The highest BCUT2D eigenvalue weighted by molar-refractivity contribution is 6.25. The summed E-state index contributed by atoms with van der Waals surface area (Å²) in [5.74, 6) is -2.11. The van der Waals surface area contributed by atoms with Gasteiger partial charge >= 0.3 is 0 Å². The number of nitrogens with one attached hydrogen (secondary N) is 2. The molecule has 4 amide bonds. The number of halogens is 2. The van der Waals surface area contributed by atoms with Crippen LogP contribution in [0.25, 0.3) is 44.5 Å². The lowest BCUT2D eigenvalue weighted by Gasteiger charge is -2.31. The molecule has 0 unspecified atom stereocenters. The Balaban J connectivity index is 0.000000166. The molecule has 2 fully saturated rings. The monoisotopic (exact) mass is 836 g/mol. The first-order valence-corrected chi connectivity index (χ1v) is 20.2. The van der Waals surface area contributed by atoms with Crippen LogP contribution in [-0.2, 0) is 0 Å². The SMILES string of the molecule is CCOc1c2c(cc(N3CCCCC3)c1-c1noc3cc(F)ccc13)C(=O)NC2=O.CCOc1c2c(cc(N3CCCCC3)c1-c1noc3cc(F)ccc13)C(=O)NC2=O.O. The largest absolute Gasteiger partial charge is 0.492 e. The van der Waals surface area contributed by atoms with Gasteiger partial charge in [0.05, 0.1) is 68.7 Å². The molecular weight excluding hydrogens is 795 g/mol. The first kappa shape index (κ1) is 40.9. The van der Waals surface area contributed by atoms with E-state index in [9.17, 15) is 28.0 Å². The smallest absolute Gasteiger partial charge is 0.262 e. The molecule has 0 spiro atoms. The molecule has 2 saturated heterocycles. The van der Waals surface area contributed by atoms with Crippen LogP contribution in [-0.4, -0.2) is 78.8 Å². The molecule has 15 nitrogen and oxygen atoms in total. The number of imide groups is 2. The van der Waals surface area contributed by atoms with Gasteiger partial charge in [0.1, 0.15) is 34.5 Å². The van der Waals surface area contributed by atoms with Gasteiger partial charge in [-0.3, -0.25) is 29.8 Å². The van der Waals surface area contributed by atoms with Gasteiger partial charge in [-0.1, -0.05) is 10.3 Å². The van der Waals surface area contributed by atoms with Crippen molar-refractivity contribution < 1.29 is 52.0 Å². The van der Waals surface area contributed by atoms with E-state index in [1.54, 1.807) is 24.3 Å². The fourth-order valence-electron chi connectivity index (χ4n) is 8.55. The third kappa shape index (κ3) is 7.17. The minimum absolute atomic E-state index is 0. The molecule has 0 atom stereocenters. The number of amides is 4. The second-order valence-corrected chi connectivity index (χ2v) is 14.9. The second-order valence-electron chi connectivity index (χ2n) is 14.9. The van der Waals surface area contributed by atoms with Crippen molar-refractivity contribution in [3.8, 4) is 34.0 Å². The summed E-state index contributed by atoms with van der Waals surface area (Å²) >= 11 is 0. The van der Waals surface area contributed by atoms with Gasteiger partial charge in [-0.15, -0.1) is 0 Å². The number of hydrogen-bond donors (Lipinski definition) is 2. The molecule has 17 heteroatoms. The van der Waals surface area contributed by atoms with E-state index in [0.717, 1.165) is 76.1 Å². The predicted molar refractivity (Wildman–Crippen MR) is 220 cm³/mol. The number of anilines is 2. The molecule has 6 heterocycles. The van der Waals surface area contributed by atoms with E-state index in [1.165, 1.54) is 24.3 Å². The minimum Gasteiger partial charge on any atom is -0.492 e. The van der Waals surface area contributed by atoms with Crippen molar-refractivity contribution in [2.24, 2.45) is 0 Å². The molecule has 61 heavy (non-hydrogen) atoms. The zero-order valence-electron chi connectivity index (χ0n) is 33.4.